The van der Waals surface area contributed by atoms with Crippen molar-refractivity contribution in [3.05, 3.63) is 60.6 Å². The van der Waals surface area contributed by atoms with Crippen LogP contribution in [0.4, 0.5) is 5.69 Å². The lowest BCUT2D eigenvalue weighted by molar-refractivity contribution is -0.121. The number of rotatable bonds is 5. The summed E-state index contributed by atoms with van der Waals surface area (Å²) in [6.45, 7) is 0.972. The topological polar surface area (TPSA) is 100 Å². The first-order chi connectivity index (χ1) is 14.7. The molecule has 8 heteroatoms. The first kappa shape index (κ1) is 19.6. The zero-order valence-corrected chi connectivity index (χ0v) is 16.7. The van der Waals surface area contributed by atoms with Gasteiger partial charge in [0.25, 0.3) is 5.91 Å². The van der Waals surface area contributed by atoms with E-state index in [0.717, 1.165) is 18.4 Å². The number of hydrogen-bond acceptors (Lipinski definition) is 5. The highest BCUT2D eigenvalue weighted by molar-refractivity contribution is 5.96. The first-order valence-electron chi connectivity index (χ1n) is 9.84. The molecule has 0 radical (unpaired) electrons. The molecule has 30 heavy (non-hydrogen) atoms. The second kappa shape index (κ2) is 8.77. The fourth-order valence-electron chi connectivity index (χ4n) is 3.62. The molecule has 0 saturated carbocycles. The van der Waals surface area contributed by atoms with Crippen LogP contribution in [0.15, 0.2) is 54.9 Å². The number of H-pyrrole nitrogens is 1. The zero-order valence-electron chi connectivity index (χ0n) is 16.7. The van der Waals surface area contributed by atoms with Gasteiger partial charge >= 0.3 is 0 Å². The number of likely N-dealkylation sites (tertiary alicyclic amines) is 1. The van der Waals surface area contributed by atoms with E-state index in [4.69, 9.17) is 4.74 Å². The van der Waals surface area contributed by atoms with E-state index in [1.54, 1.807) is 42.6 Å². The Hall–Kier alpha value is -3.68. The fourth-order valence-corrected chi connectivity index (χ4v) is 3.62. The van der Waals surface area contributed by atoms with E-state index in [2.05, 4.69) is 20.5 Å². The number of nitrogens with zero attached hydrogens (tertiary/aromatic N) is 3. The summed E-state index contributed by atoms with van der Waals surface area (Å²) in [6, 6.07) is 12.7. The molecule has 0 spiro atoms. The number of piperidine rings is 1. The van der Waals surface area contributed by atoms with Crippen LogP contribution in [0.3, 0.4) is 0 Å². The number of methoxy groups -OCH3 is 1. The minimum absolute atomic E-state index is 0.113. The third-order valence-corrected chi connectivity index (χ3v) is 5.21. The highest BCUT2D eigenvalue weighted by Gasteiger charge is 2.30. The number of carbonyl (C=O) groups excluding carboxylic acids is 2. The summed E-state index contributed by atoms with van der Waals surface area (Å²) in [5.41, 5.74) is 2.53. The van der Waals surface area contributed by atoms with Crippen LogP contribution in [0.5, 0.6) is 5.75 Å². The second-order valence-corrected chi connectivity index (χ2v) is 7.19. The normalized spacial score (nSPS) is 16.2. The quantitative estimate of drug-likeness (QED) is 0.680. The number of nitrogens with one attached hydrogen (secondary N) is 2. The summed E-state index contributed by atoms with van der Waals surface area (Å²) in [6.07, 6.45) is 4.88. The SMILES string of the molecule is COc1ccccc1NC(=O)C1CCCN(C(=O)c2cc(-c3cccnc3)n[nH]2)C1. The van der Waals surface area contributed by atoms with E-state index in [1.165, 1.54) is 0 Å². The standard InChI is InChI=1S/C22H23N5O3/c1-30-20-9-3-2-8-17(20)24-21(28)16-7-5-11-27(14-16)22(29)19-12-18(25-26-19)15-6-4-10-23-13-15/h2-4,6,8-10,12-13,16H,5,7,11,14H2,1H3,(H,24,28)(H,25,26). The number of para-hydroxylation sites is 2. The molecule has 2 aromatic heterocycles. The van der Waals surface area contributed by atoms with Gasteiger partial charge in [0.15, 0.2) is 0 Å². The molecule has 1 aliphatic heterocycles. The lowest BCUT2D eigenvalue weighted by Gasteiger charge is -2.31. The predicted octanol–water partition coefficient (Wildman–Crippen LogP) is 2.97. The van der Waals surface area contributed by atoms with Crippen LogP contribution >= 0.6 is 0 Å². The van der Waals surface area contributed by atoms with Crippen LogP contribution in [0.2, 0.25) is 0 Å². The average molecular weight is 405 g/mol. The summed E-state index contributed by atoms with van der Waals surface area (Å²) in [5, 5.41) is 9.97. The van der Waals surface area contributed by atoms with Crippen molar-refractivity contribution >= 4 is 17.5 Å². The minimum atomic E-state index is -0.284. The van der Waals surface area contributed by atoms with Crippen molar-refractivity contribution in [2.75, 3.05) is 25.5 Å². The molecular formula is C22H23N5O3. The van der Waals surface area contributed by atoms with Crippen LogP contribution < -0.4 is 10.1 Å². The van der Waals surface area contributed by atoms with Crippen LogP contribution in [0.25, 0.3) is 11.3 Å². The largest absolute Gasteiger partial charge is 0.495 e. The molecule has 2 N–H and O–H groups in total. The van der Waals surface area contributed by atoms with E-state index in [0.29, 0.717) is 35.9 Å². The molecule has 0 bridgehead atoms. The lowest BCUT2D eigenvalue weighted by atomic mass is 9.96. The summed E-state index contributed by atoms with van der Waals surface area (Å²) in [5.74, 6) is 0.0494. The number of carbonyl (C=O) groups is 2. The Labute approximate surface area is 174 Å². The lowest BCUT2D eigenvalue weighted by Crippen LogP contribution is -2.43. The Morgan fingerprint density at radius 3 is 2.90 bits per heavy atom. The molecule has 0 aliphatic carbocycles. The monoisotopic (exact) mass is 405 g/mol. The third-order valence-electron chi connectivity index (χ3n) is 5.21. The summed E-state index contributed by atoms with van der Waals surface area (Å²) < 4.78 is 5.29. The van der Waals surface area contributed by atoms with Gasteiger partial charge in [-0.15, -0.1) is 0 Å². The van der Waals surface area contributed by atoms with Gasteiger partial charge in [-0.3, -0.25) is 19.7 Å². The molecule has 1 aromatic carbocycles. The van der Waals surface area contributed by atoms with Crippen molar-refractivity contribution in [1.29, 1.82) is 0 Å². The van der Waals surface area contributed by atoms with Crippen molar-refractivity contribution < 1.29 is 14.3 Å². The molecule has 1 unspecified atom stereocenters. The summed E-state index contributed by atoms with van der Waals surface area (Å²) >= 11 is 0. The van der Waals surface area contributed by atoms with Gasteiger partial charge < -0.3 is 15.0 Å². The Morgan fingerprint density at radius 1 is 1.23 bits per heavy atom. The average Bonchev–Trinajstić information content (AvgIpc) is 3.30. The fraction of sp³-hybridized carbons (Fsp3) is 0.273. The molecule has 1 atom stereocenters. The minimum Gasteiger partial charge on any atom is -0.495 e. The molecule has 2 amide bonds. The molecule has 154 valence electrons. The van der Waals surface area contributed by atoms with E-state index in [9.17, 15) is 9.59 Å². The van der Waals surface area contributed by atoms with Crippen molar-refractivity contribution in [3.63, 3.8) is 0 Å². The van der Waals surface area contributed by atoms with Gasteiger partial charge in [0, 0.05) is 31.0 Å². The van der Waals surface area contributed by atoms with Crippen molar-refractivity contribution in [1.82, 2.24) is 20.1 Å². The van der Waals surface area contributed by atoms with Gasteiger partial charge in [-0.1, -0.05) is 12.1 Å². The number of hydrogen-bond donors (Lipinski definition) is 2. The molecule has 1 aliphatic rings. The van der Waals surface area contributed by atoms with Crippen LogP contribution in [0, 0.1) is 5.92 Å². The van der Waals surface area contributed by atoms with Gasteiger partial charge in [-0.2, -0.15) is 5.10 Å². The van der Waals surface area contributed by atoms with Gasteiger partial charge in [0.2, 0.25) is 5.91 Å². The molecular weight excluding hydrogens is 382 g/mol. The van der Waals surface area contributed by atoms with Crippen molar-refractivity contribution in [2.24, 2.45) is 5.92 Å². The molecule has 8 nitrogen and oxygen atoms in total. The first-order valence-corrected chi connectivity index (χ1v) is 9.84. The Bertz CT molecular complexity index is 1030. The number of pyridine rings is 1. The van der Waals surface area contributed by atoms with Crippen molar-refractivity contribution in [2.45, 2.75) is 12.8 Å². The number of benzene rings is 1. The Balaban J connectivity index is 1.43. The van der Waals surface area contributed by atoms with Crippen molar-refractivity contribution in [3.8, 4) is 17.0 Å². The second-order valence-electron chi connectivity index (χ2n) is 7.19. The predicted molar refractivity (Wildman–Crippen MR) is 112 cm³/mol. The van der Waals surface area contributed by atoms with Gasteiger partial charge in [-0.05, 0) is 43.2 Å². The molecule has 1 fully saturated rings. The Kier molecular flexibility index (Phi) is 5.74. The highest BCUT2D eigenvalue weighted by Crippen LogP contribution is 2.26. The number of aromatic nitrogens is 3. The number of aromatic amines is 1. The van der Waals surface area contributed by atoms with Gasteiger partial charge in [0.1, 0.15) is 11.4 Å². The van der Waals surface area contributed by atoms with Crippen LogP contribution in [0.1, 0.15) is 23.3 Å². The van der Waals surface area contributed by atoms with E-state index < -0.39 is 0 Å². The maximum absolute atomic E-state index is 13.0. The maximum atomic E-state index is 13.0. The number of amides is 2. The maximum Gasteiger partial charge on any atom is 0.271 e. The number of ether oxygens (including phenoxy) is 1. The highest BCUT2D eigenvalue weighted by atomic mass is 16.5. The molecule has 1 saturated heterocycles. The van der Waals surface area contributed by atoms with Gasteiger partial charge in [-0.25, -0.2) is 0 Å². The Morgan fingerprint density at radius 2 is 2.10 bits per heavy atom. The molecule has 4 rings (SSSR count). The zero-order chi connectivity index (χ0) is 20.9. The third kappa shape index (κ3) is 4.17. The van der Waals surface area contributed by atoms with Crippen LogP contribution in [-0.4, -0.2) is 52.1 Å². The van der Waals surface area contributed by atoms with E-state index in [1.807, 2.05) is 24.3 Å². The summed E-state index contributed by atoms with van der Waals surface area (Å²) in [4.78, 5) is 31.5. The van der Waals surface area contributed by atoms with E-state index >= 15 is 0 Å². The van der Waals surface area contributed by atoms with Gasteiger partial charge in [0.05, 0.1) is 24.4 Å². The van der Waals surface area contributed by atoms with E-state index in [-0.39, 0.29) is 17.7 Å². The van der Waals surface area contributed by atoms with Crippen LogP contribution in [-0.2, 0) is 4.79 Å². The number of anilines is 1. The smallest absolute Gasteiger partial charge is 0.271 e. The molecule has 3 aromatic rings. The summed E-state index contributed by atoms with van der Waals surface area (Å²) in [7, 11) is 1.57. The molecule has 3 heterocycles.